The van der Waals surface area contributed by atoms with Crippen LogP contribution in [0.5, 0.6) is 0 Å². The molecule has 0 radical (unpaired) electrons. The van der Waals surface area contributed by atoms with Crippen molar-refractivity contribution < 1.29 is 5.11 Å². The van der Waals surface area contributed by atoms with Gasteiger partial charge in [-0.2, -0.15) is 0 Å². The van der Waals surface area contributed by atoms with Gasteiger partial charge in [-0.3, -0.25) is 0 Å². The molecular weight excluding hydrogens is 140 g/mol. The van der Waals surface area contributed by atoms with E-state index in [2.05, 4.69) is 19.0 Å². The lowest BCUT2D eigenvalue weighted by Gasteiger charge is -2.05. The third kappa shape index (κ3) is 40.8. The molecule has 0 aliphatic carbocycles. The van der Waals surface area contributed by atoms with Gasteiger partial charge in [-0.1, -0.05) is 0 Å². The summed E-state index contributed by atoms with van der Waals surface area (Å²) < 4.78 is 0. The van der Waals surface area contributed by atoms with Crippen molar-refractivity contribution in [1.29, 1.82) is 0 Å². The van der Waals surface area contributed by atoms with E-state index >= 15 is 0 Å². The molecule has 11 heavy (non-hydrogen) atoms. The second-order valence-electron chi connectivity index (χ2n) is 3.04. The first-order chi connectivity index (χ1) is 5.00. The van der Waals surface area contributed by atoms with Gasteiger partial charge in [0.15, 0.2) is 0 Å². The average molecular weight is 162 g/mol. The molecule has 0 aromatic heterocycles. The Morgan fingerprint density at radius 2 is 1.73 bits per heavy atom. The van der Waals surface area contributed by atoms with E-state index in [1.807, 2.05) is 0 Å². The molecular formula is C8H22N2O. The standard InChI is InChI=1S/C5H14N2.C3H8O/c1-7(2)5-3-4-6;1-3(2)4/h3-6H2,1-2H3;3-4H,1-2H3. The van der Waals surface area contributed by atoms with Crippen LogP contribution < -0.4 is 5.73 Å². The van der Waals surface area contributed by atoms with Crippen LogP contribution in [0, 0.1) is 0 Å². The fraction of sp³-hybridized carbons (Fsp3) is 1.00. The van der Waals surface area contributed by atoms with Crippen LogP contribution in [0.15, 0.2) is 0 Å². The Hall–Kier alpha value is -0.120. The Labute approximate surface area is 70.2 Å². The third-order valence-electron chi connectivity index (χ3n) is 0.809. The predicted octanol–water partition coefficient (Wildman–Crippen LogP) is 0.284. The number of hydrogen-bond donors (Lipinski definition) is 2. The van der Waals surface area contributed by atoms with E-state index in [9.17, 15) is 0 Å². The summed E-state index contributed by atoms with van der Waals surface area (Å²) in [7, 11) is 4.10. The molecule has 0 aliphatic heterocycles. The van der Waals surface area contributed by atoms with E-state index in [-0.39, 0.29) is 6.10 Å². The van der Waals surface area contributed by atoms with Crippen molar-refractivity contribution in [1.82, 2.24) is 4.90 Å². The molecule has 0 saturated heterocycles. The van der Waals surface area contributed by atoms with Crippen molar-refractivity contribution in [3.63, 3.8) is 0 Å². The Bertz CT molecular complexity index is 62.4. The largest absolute Gasteiger partial charge is 0.394 e. The normalized spacial score (nSPS) is 9.82. The van der Waals surface area contributed by atoms with Gasteiger partial charge in [0.05, 0.1) is 0 Å². The lowest BCUT2D eigenvalue weighted by Crippen LogP contribution is -2.16. The minimum atomic E-state index is -0.167. The van der Waals surface area contributed by atoms with Gasteiger partial charge in [0.25, 0.3) is 0 Å². The van der Waals surface area contributed by atoms with Crippen LogP contribution in [0.25, 0.3) is 0 Å². The van der Waals surface area contributed by atoms with E-state index in [4.69, 9.17) is 10.8 Å². The van der Waals surface area contributed by atoms with Crippen molar-refractivity contribution in [2.45, 2.75) is 26.4 Å². The molecule has 0 spiro atoms. The molecule has 3 heteroatoms. The van der Waals surface area contributed by atoms with Crippen molar-refractivity contribution in [3.05, 3.63) is 0 Å². The topological polar surface area (TPSA) is 49.5 Å². The van der Waals surface area contributed by atoms with Gasteiger partial charge < -0.3 is 15.7 Å². The number of nitrogens with zero attached hydrogens (tertiary/aromatic N) is 1. The van der Waals surface area contributed by atoms with E-state index in [1.54, 1.807) is 13.8 Å². The van der Waals surface area contributed by atoms with Crippen LogP contribution in [0.1, 0.15) is 20.3 Å². The Kier molecular flexibility index (Phi) is 12.1. The fourth-order valence-electron chi connectivity index (χ4n) is 0.408. The minimum absolute atomic E-state index is 0.167. The third-order valence-corrected chi connectivity index (χ3v) is 0.809. The molecule has 3 N–H and O–H groups in total. The van der Waals surface area contributed by atoms with Crippen LogP contribution in [-0.4, -0.2) is 43.3 Å². The van der Waals surface area contributed by atoms with E-state index in [0.29, 0.717) is 0 Å². The van der Waals surface area contributed by atoms with Crippen molar-refractivity contribution in [2.75, 3.05) is 27.2 Å². The molecule has 0 heterocycles. The van der Waals surface area contributed by atoms with Gasteiger partial charge in [-0.15, -0.1) is 0 Å². The highest BCUT2D eigenvalue weighted by Gasteiger charge is 1.83. The summed E-state index contributed by atoms with van der Waals surface area (Å²) in [6.45, 7) is 5.36. The lowest BCUT2D eigenvalue weighted by atomic mass is 10.4. The number of nitrogens with two attached hydrogens (primary N) is 1. The van der Waals surface area contributed by atoms with E-state index < -0.39 is 0 Å². The molecule has 0 fully saturated rings. The highest BCUT2D eigenvalue weighted by Crippen LogP contribution is 1.76. The predicted molar refractivity (Wildman–Crippen MR) is 49.6 cm³/mol. The highest BCUT2D eigenvalue weighted by atomic mass is 16.3. The summed E-state index contributed by atoms with van der Waals surface area (Å²) in [6, 6.07) is 0. The van der Waals surface area contributed by atoms with Crippen molar-refractivity contribution >= 4 is 0 Å². The Balaban J connectivity index is 0. The minimum Gasteiger partial charge on any atom is -0.394 e. The van der Waals surface area contributed by atoms with Crippen LogP contribution in [0.4, 0.5) is 0 Å². The number of hydrogen-bond acceptors (Lipinski definition) is 3. The molecule has 0 amide bonds. The van der Waals surface area contributed by atoms with Gasteiger partial charge in [0.1, 0.15) is 0 Å². The van der Waals surface area contributed by atoms with Crippen LogP contribution >= 0.6 is 0 Å². The van der Waals surface area contributed by atoms with Crippen LogP contribution in [0.3, 0.4) is 0 Å². The maximum Gasteiger partial charge on any atom is 0.0483 e. The first-order valence-corrected chi connectivity index (χ1v) is 4.03. The summed E-state index contributed by atoms with van der Waals surface area (Å²) in [5.41, 5.74) is 5.25. The zero-order valence-corrected chi connectivity index (χ0v) is 8.17. The second-order valence-corrected chi connectivity index (χ2v) is 3.04. The summed E-state index contributed by atoms with van der Waals surface area (Å²) in [5.74, 6) is 0. The molecule has 0 unspecified atom stereocenters. The first kappa shape index (κ1) is 13.5. The molecule has 0 aliphatic rings. The number of aliphatic hydroxyl groups excluding tert-OH is 1. The van der Waals surface area contributed by atoms with E-state index in [0.717, 1.165) is 19.5 Å². The van der Waals surface area contributed by atoms with Gasteiger partial charge in [-0.25, -0.2) is 0 Å². The quantitative estimate of drug-likeness (QED) is 0.627. The fourth-order valence-corrected chi connectivity index (χ4v) is 0.408. The van der Waals surface area contributed by atoms with Gasteiger partial charge in [0.2, 0.25) is 0 Å². The monoisotopic (exact) mass is 162 g/mol. The second kappa shape index (κ2) is 9.88. The molecule has 0 aromatic rings. The van der Waals surface area contributed by atoms with Crippen molar-refractivity contribution in [3.8, 4) is 0 Å². The van der Waals surface area contributed by atoms with Crippen molar-refractivity contribution in [2.24, 2.45) is 5.73 Å². The molecule has 70 valence electrons. The summed E-state index contributed by atoms with van der Waals surface area (Å²) in [6.07, 6.45) is 0.937. The number of aliphatic hydroxyl groups is 1. The molecule has 0 bridgehead atoms. The molecule has 0 rings (SSSR count). The summed E-state index contributed by atoms with van der Waals surface area (Å²) in [4.78, 5) is 2.13. The Morgan fingerprint density at radius 1 is 1.36 bits per heavy atom. The number of rotatable bonds is 3. The zero-order valence-electron chi connectivity index (χ0n) is 8.17. The van der Waals surface area contributed by atoms with Gasteiger partial charge in [0, 0.05) is 6.10 Å². The maximum absolute atomic E-state index is 8.06. The van der Waals surface area contributed by atoms with Crippen LogP contribution in [0.2, 0.25) is 0 Å². The molecule has 0 aromatic carbocycles. The lowest BCUT2D eigenvalue weighted by molar-refractivity contribution is 0.216. The zero-order chi connectivity index (χ0) is 9.28. The molecule has 3 nitrogen and oxygen atoms in total. The van der Waals surface area contributed by atoms with Gasteiger partial charge in [-0.05, 0) is 47.5 Å². The Morgan fingerprint density at radius 3 is 1.82 bits per heavy atom. The van der Waals surface area contributed by atoms with Crippen LogP contribution in [-0.2, 0) is 0 Å². The smallest absolute Gasteiger partial charge is 0.0483 e. The average Bonchev–Trinajstić information content (AvgIpc) is 1.82. The van der Waals surface area contributed by atoms with Gasteiger partial charge >= 0.3 is 0 Å². The molecule has 0 saturated carbocycles. The SMILES string of the molecule is CC(C)O.CN(C)CCCN. The summed E-state index contributed by atoms with van der Waals surface area (Å²) >= 11 is 0. The maximum atomic E-state index is 8.06. The molecule has 0 atom stereocenters. The van der Waals surface area contributed by atoms with E-state index in [1.165, 1.54) is 0 Å². The summed E-state index contributed by atoms with van der Waals surface area (Å²) in [5, 5.41) is 8.06. The first-order valence-electron chi connectivity index (χ1n) is 4.03. The highest BCUT2D eigenvalue weighted by molar-refractivity contribution is 4.42.